The van der Waals surface area contributed by atoms with Gasteiger partial charge in [0.2, 0.25) is 57.1 Å². The molecule has 122 heavy (non-hydrogen) atoms. The quantitative estimate of drug-likeness (QED) is 0.0368. The van der Waals surface area contributed by atoms with Gasteiger partial charge in [-0.15, -0.1) is 23.2 Å². The predicted molar refractivity (Wildman–Crippen MR) is 438 cm³/mol. The van der Waals surface area contributed by atoms with E-state index in [0.29, 0.717) is 12.4 Å². The molecule has 40 heteroatoms. The first-order chi connectivity index (χ1) is 57.8. The summed E-state index contributed by atoms with van der Waals surface area (Å²) in [4.78, 5) is 120. The summed E-state index contributed by atoms with van der Waals surface area (Å²) in [6.07, 6.45) is -20.2. The highest BCUT2D eigenvalue weighted by atomic mass is 35.5. The van der Waals surface area contributed by atoms with E-state index in [9.17, 15) is 73.9 Å². The van der Waals surface area contributed by atoms with Crippen LogP contribution in [0.15, 0.2) is 41.3 Å². The average Bonchev–Trinajstić information content (AvgIpc) is 0.754. The van der Waals surface area contributed by atoms with Crippen molar-refractivity contribution in [3.05, 3.63) is 42.0 Å². The van der Waals surface area contributed by atoms with Crippen LogP contribution in [0.1, 0.15) is 162 Å². The van der Waals surface area contributed by atoms with E-state index in [1.807, 2.05) is 13.8 Å². The molecule has 2 aromatic carbocycles. The standard InChI is InChI=1S/C82H125Cl2N11O26S/c1-7-8-9-23-116-43-14-16-44(17-15-43)122(114,115)89-22-10-21-88-34-47-53(98)31-46-61(70(47)103)45-25-38(11-18-52(45)97)62-77(108)95-66(80(111)93-64(46)81(112)113)68(101)40-13-20-55(49(84)27-40)119-57-29-41-28-56(72(57)120-58-30-42(35-96)69(102)71(104)73(58)121-60-33-82(5,86)74(105)37(4)117-60)118-54-19-12-39(26-48(54)83)67(100)65(94-75(106)50(87-6)24-36(2)3)79(110)90-51(32-59(85)99)76(107)91-63(41)78(109)92-62/h14-17,28-29,36-40,42,45-55,58,60-71,73-74,87-89,96-98,100-105H,7-13,18-27,30-35,86H2,1-6H3,(H2,85,99)(H,90,110)(H,91,107)(H,92,109)(H,93,111)(H,94,106)(H,95,108)(H,112,113)/t37-,38-,39-,40-,42+,45?,46?,47?,48+,49?,50+,51-,52+,53?,54+,55+,58+,60-,61?,62+,63+,64-,65+,66-,67+,68+,69+,70-,71-,73-,74+,82-/m0/s1. The molecule has 0 radical (unpaired) electrons. The van der Waals surface area contributed by atoms with Crippen molar-refractivity contribution in [2.75, 3.05) is 39.9 Å². The fourth-order valence-corrected chi connectivity index (χ4v) is 21.4. The number of halogens is 2. The molecule has 6 heterocycles. The number of likely N-dealkylation sites (N-methyl/N-ethyl adjacent to an activating group) is 1. The fraction of sp³-hybridized carbons (Fsp3) is 0.756. The van der Waals surface area contributed by atoms with E-state index >= 15 is 24.0 Å². The lowest BCUT2D eigenvalue weighted by molar-refractivity contribution is -0.286. The van der Waals surface area contributed by atoms with Gasteiger partial charge >= 0.3 is 5.97 Å². The molecule has 11 aliphatic rings. The first-order valence-electron chi connectivity index (χ1n) is 42.9. The van der Waals surface area contributed by atoms with Gasteiger partial charge in [0.15, 0.2) is 17.8 Å². The number of fused-ring (bicyclic) bond motifs is 15. The SMILES string of the molecule is CCCCCOc1ccc(S(=O)(=O)NCCCNCC2C(O)CC3C(C4C[C@H](CC[C@H]4O)[C@H]4NC(=O)[C@@H]5NC(=O)[C@H](CC(N)=O)NC(=O)[C@H](NC(=O)[C@@H](CC(C)C)NC)[C@H](O)[C@H]6CC[C@@H](Oc7cc5cc(c7O[C@@H]5C[C@H](CO)[C@@H](O)[C@H](O)[C@H]5O[C@H]5C[C@](C)(N)[C@H](O)[C@H](C)O5)O[C@@H]5CC[C@@H](CC5Cl)[C@@H](O)[C@H](NC4=O)C(=O)N[C@@H]3C(=O)O)[C@H](Cl)C6)[C@H]2O)cc1. The van der Waals surface area contributed by atoms with Gasteiger partial charge < -0.3 is 133 Å². The van der Waals surface area contributed by atoms with Gasteiger partial charge in [-0.05, 0) is 201 Å². The van der Waals surface area contributed by atoms with E-state index in [1.54, 1.807) is 26.0 Å². The van der Waals surface area contributed by atoms with E-state index in [1.165, 1.54) is 31.3 Å². The van der Waals surface area contributed by atoms with Crippen molar-refractivity contribution in [1.82, 2.24) is 47.3 Å². The molecule has 37 nitrogen and oxygen atoms in total. The number of benzene rings is 2. The zero-order valence-corrected chi connectivity index (χ0v) is 71.9. The first-order valence-corrected chi connectivity index (χ1v) is 45.2. The van der Waals surface area contributed by atoms with Crippen LogP contribution in [0.25, 0.3) is 0 Å². The van der Waals surface area contributed by atoms with E-state index in [2.05, 4.69) is 54.2 Å². The maximum Gasteiger partial charge on any atom is 0.326 e. The van der Waals surface area contributed by atoms with Crippen molar-refractivity contribution in [3.8, 4) is 23.0 Å². The highest BCUT2D eigenvalue weighted by Gasteiger charge is 2.57. The number of aliphatic hydroxyl groups excluding tert-OH is 9. The summed E-state index contributed by atoms with van der Waals surface area (Å²) in [7, 11) is -2.46. The zero-order chi connectivity index (χ0) is 88.7. The monoisotopic (exact) mass is 1780 g/mol. The van der Waals surface area contributed by atoms with Crippen LogP contribution in [0.3, 0.4) is 0 Å². The summed E-state index contributed by atoms with van der Waals surface area (Å²) in [6.45, 7) is 8.61. The van der Waals surface area contributed by atoms with Gasteiger partial charge in [0, 0.05) is 43.5 Å². The minimum absolute atomic E-state index is 0.00224. The van der Waals surface area contributed by atoms with Crippen LogP contribution in [0.4, 0.5) is 0 Å². The lowest BCUT2D eigenvalue weighted by atomic mass is 9.58. The molecule has 5 saturated carbocycles. The molecular weight excluding hydrogens is 1660 g/mol. The number of nitrogens with two attached hydrogens (primary N) is 2. The van der Waals surface area contributed by atoms with Gasteiger partial charge in [-0.3, -0.25) is 33.6 Å². The summed E-state index contributed by atoms with van der Waals surface area (Å²) in [6, 6.07) is -4.53. The minimum Gasteiger partial charge on any atom is -0.494 e. The van der Waals surface area contributed by atoms with E-state index in [4.69, 9.17) is 63.1 Å². The van der Waals surface area contributed by atoms with Gasteiger partial charge in [-0.25, -0.2) is 17.9 Å². The molecule has 7 amide bonds. The number of carbonyl (C=O) groups excluding carboxylic acids is 7. The third-order valence-electron chi connectivity index (χ3n) is 26.3. The highest BCUT2D eigenvalue weighted by molar-refractivity contribution is 7.89. The molecule has 6 aliphatic heterocycles. The summed E-state index contributed by atoms with van der Waals surface area (Å²) in [5.41, 5.74) is 10.9. The number of rotatable bonds is 26. The average molecular weight is 1780 g/mol. The number of carbonyl (C=O) groups is 8. The second-order valence-corrected chi connectivity index (χ2v) is 38.5. The molecule has 6 unspecified atom stereocenters. The number of hydrogen-bond acceptors (Lipinski definition) is 28. The van der Waals surface area contributed by atoms with E-state index < -0.39 is 268 Å². The Morgan fingerprint density at radius 2 is 1.35 bits per heavy atom. The molecule has 11 bridgehead atoms. The lowest BCUT2D eigenvalue weighted by Crippen LogP contribution is -2.66. The second-order valence-electron chi connectivity index (χ2n) is 35.6. The van der Waals surface area contributed by atoms with Gasteiger partial charge in [0.1, 0.15) is 72.5 Å². The molecule has 2 aromatic rings. The van der Waals surface area contributed by atoms with Crippen LogP contribution in [-0.2, 0) is 57.9 Å². The Morgan fingerprint density at radius 1 is 0.713 bits per heavy atom. The van der Waals surface area contributed by atoms with Crippen molar-refractivity contribution in [2.24, 2.45) is 64.7 Å². The second kappa shape index (κ2) is 41.8. The minimum atomic E-state index is -3.98. The molecule has 32 atom stereocenters. The molecule has 5 aliphatic carbocycles. The Kier molecular flexibility index (Phi) is 32.9. The number of carboxylic acids is 1. The number of ether oxygens (including phenoxy) is 6. The van der Waals surface area contributed by atoms with Gasteiger partial charge in [-0.2, -0.15) is 0 Å². The van der Waals surface area contributed by atoms with Gasteiger partial charge in [0.25, 0.3) is 0 Å². The van der Waals surface area contributed by atoms with Gasteiger partial charge in [0.05, 0.1) is 83.6 Å². The number of aliphatic carboxylic acids is 1. The van der Waals surface area contributed by atoms with Crippen molar-refractivity contribution in [2.45, 2.75) is 299 Å². The molecule has 13 rings (SSSR count). The fourth-order valence-electron chi connectivity index (χ4n) is 19.5. The summed E-state index contributed by atoms with van der Waals surface area (Å²) < 4.78 is 68.9. The number of hydrogen-bond donors (Lipinski definition) is 21. The summed E-state index contributed by atoms with van der Waals surface area (Å²) in [5, 5.41) is 140. The molecule has 0 aromatic heterocycles. The van der Waals surface area contributed by atoms with Crippen LogP contribution in [-0.4, -0.2) is 285 Å². The lowest BCUT2D eigenvalue weighted by Gasteiger charge is -2.51. The Morgan fingerprint density at radius 3 is 1.96 bits per heavy atom. The number of aliphatic hydroxyl groups is 9. The van der Waals surface area contributed by atoms with Crippen molar-refractivity contribution >= 4 is 80.5 Å². The highest BCUT2D eigenvalue weighted by Crippen LogP contribution is 2.51. The van der Waals surface area contributed by atoms with Crippen LogP contribution >= 0.6 is 23.2 Å². The number of nitrogens with one attached hydrogen (secondary N) is 9. The zero-order valence-electron chi connectivity index (χ0n) is 69.5. The number of alkyl halides is 2. The Balaban J connectivity index is 1.01. The van der Waals surface area contributed by atoms with Crippen LogP contribution in [0.5, 0.6) is 23.0 Å². The third-order valence-corrected chi connectivity index (χ3v) is 28.7. The van der Waals surface area contributed by atoms with Crippen LogP contribution < -0.4 is 77.7 Å². The number of carboxylic acid groups (broad SMARTS) is 1. The van der Waals surface area contributed by atoms with E-state index in [-0.39, 0.29) is 137 Å². The summed E-state index contributed by atoms with van der Waals surface area (Å²) >= 11 is 14.9. The van der Waals surface area contributed by atoms with Crippen LogP contribution in [0, 0.1) is 53.3 Å². The topological polar surface area (TPSA) is 589 Å². The number of sulfonamides is 1. The normalized spacial score (nSPS) is 38.2. The molecular formula is C82H125Cl2N11O26S. The van der Waals surface area contributed by atoms with Crippen molar-refractivity contribution in [1.29, 1.82) is 0 Å². The Labute approximate surface area is 719 Å². The molecule has 2 saturated heterocycles. The largest absolute Gasteiger partial charge is 0.494 e. The third kappa shape index (κ3) is 22.6. The van der Waals surface area contributed by atoms with Crippen molar-refractivity contribution < 1.29 is 126 Å². The number of amides is 7. The maximum atomic E-state index is 16.5. The molecule has 0 spiro atoms. The van der Waals surface area contributed by atoms with Crippen LogP contribution in [0.2, 0.25) is 0 Å². The summed E-state index contributed by atoms with van der Waals surface area (Å²) in [5.74, 6) is -19.6. The van der Waals surface area contributed by atoms with Crippen molar-refractivity contribution in [3.63, 3.8) is 0 Å². The first kappa shape index (κ1) is 96.0. The predicted octanol–water partition coefficient (Wildman–Crippen LogP) is -1.71. The van der Waals surface area contributed by atoms with Gasteiger partial charge in [-0.1, -0.05) is 33.6 Å². The molecule has 7 fully saturated rings. The smallest absolute Gasteiger partial charge is 0.326 e. The number of unbranched alkanes of at least 4 members (excludes halogenated alkanes) is 2. The maximum absolute atomic E-state index is 16.5. The molecule has 684 valence electrons. The molecule has 23 N–H and O–H groups in total. The van der Waals surface area contributed by atoms with E-state index in [0.717, 1.165) is 19.3 Å². The number of primary amides is 1. The Hall–Kier alpha value is -6.67. The Bertz CT molecular complexity index is 4070.